The number of aromatic amines is 2. The lowest BCUT2D eigenvalue weighted by atomic mass is 10.2. The van der Waals surface area contributed by atoms with Crippen LogP contribution in [0.3, 0.4) is 0 Å². The molecule has 0 radical (unpaired) electrons. The lowest BCUT2D eigenvalue weighted by Crippen LogP contribution is -2.00. The summed E-state index contributed by atoms with van der Waals surface area (Å²) < 4.78 is 0. The third-order valence-corrected chi connectivity index (χ3v) is 3.45. The second-order valence-electron chi connectivity index (χ2n) is 4.86. The van der Waals surface area contributed by atoms with Gasteiger partial charge in [0.1, 0.15) is 11.5 Å². The first kappa shape index (κ1) is 11.7. The van der Waals surface area contributed by atoms with Gasteiger partial charge in [-0.25, -0.2) is 0 Å². The molecule has 0 aliphatic rings. The monoisotopic (exact) mass is 279 g/mol. The van der Waals surface area contributed by atoms with E-state index in [-0.39, 0.29) is 5.95 Å². The highest BCUT2D eigenvalue weighted by molar-refractivity contribution is 5.91. The molecular formula is C14H13N7. The Morgan fingerprint density at radius 1 is 1.14 bits per heavy atom. The molecule has 5 N–H and O–H groups in total. The molecule has 21 heavy (non-hydrogen) atoms. The molecule has 0 bridgehead atoms. The highest BCUT2D eigenvalue weighted by atomic mass is 15.1. The third kappa shape index (κ3) is 1.86. The number of H-pyrrole nitrogens is 2. The van der Waals surface area contributed by atoms with Crippen molar-refractivity contribution in [2.45, 2.75) is 6.92 Å². The molecule has 0 saturated carbocycles. The lowest BCUT2D eigenvalue weighted by molar-refractivity contribution is 1.07. The normalized spacial score (nSPS) is 11.3. The Bertz CT molecular complexity index is 950. The van der Waals surface area contributed by atoms with Gasteiger partial charge in [0.05, 0.1) is 16.6 Å². The van der Waals surface area contributed by atoms with Crippen molar-refractivity contribution < 1.29 is 0 Å². The van der Waals surface area contributed by atoms with Crippen LogP contribution in [-0.2, 0) is 0 Å². The van der Waals surface area contributed by atoms with Crippen LogP contribution in [0.2, 0.25) is 0 Å². The summed E-state index contributed by atoms with van der Waals surface area (Å²) in [7, 11) is 0. The van der Waals surface area contributed by atoms with Gasteiger partial charge in [-0.3, -0.25) is 5.10 Å². The van der Waals surface area contributed by atoms with E-state index in [0.717, 1.165) is 27.7 Å². The van der Waals surface area contributed by atoms with E-state index in [1.165, 1.54) is 0 Å². The van der Waals surface area contributed by atoms with Crippen LogP contribution in [0.25, 0.3) is 21.9 Å². The number of nitrogens with zero attached hydrogens (tertiary/aromatic N) is 3. The van der Waals surface area contributed by atoms with Crippen molar-refractivity contribution in [1.82, 2.24) is 25.1 Å². The van der Waals surface area contributed by atoms with Crippen LogP contribution in [0.15, 0.2) is 30.5 Å². The molecule has 0 aliphatic heterocycles. The van der Waals surface area contributed by atoms with Gasteiger partial charge >= 0.3 is 0 Å². The molecule has 3 heterocycles. The van der Waals surface area contributed by atoms with E-state index in [4.69, 9.17) is 5.73 Å². The molecule has 7 nitrogen and oxygen atoms in total. The van der Waals surface area contributed by atoms with Gasteiger partial charge in [-0.05, 0) is 31.2 Å². The van der Waals surface area contributed by atoms with Crippen molar-refractivity contribution in [1.29, 1.82) is 0 Å². The van der Waals surface area contributed by atoms with Gasteiger partial charge in [0.15, 0.2) is 0 Å². The number of aryl methyl sites for hydroxylation is 1. The molecule has 4 rings (SSSR count). The fraction of sp³-hybridized carbons (Fsp3) is 0.0714. The van der Waals surface area contributed by atoms with E-state index in [1.54, 1.807) is 0 Å². The van der Waals surface area contributed by atoms with Gasteiger partial charge in [0, 0.05) is 17.3 Å². The van der Waals surface area contributed by atoms with Crippen molar-refractivity contribution >= 4 is 39.4 Å². The molecule has 1 aromatic carbocycles. The number of aromatic nitrogens is 5. The summed E-state index contributed by atoms with van der Waals surface area (Å²) in [4.78, 5) is 11.5. The second-order valence-corrected chi connectivity index (χ2v) is 4.86. The third-order valence-electron chi connectivity index (χ3n) is 3.45. The number of benzene rings is 1. The Kier molecular flexibility index (Phi) is 2.34. The highest BCUT2D eigenvalue weighted by Crippen LogP contribution is 2.26. The van der Waals surface area contributed by atoms with E-state index < -0.39 is 0 Å². The van der Waals surface area contributed by atoms with Gasteiger partial charge in [-0.1, -0.05) is 0 Å². The molecule has 104 valence electrons. The smallest absolute Gasteiger partial charge is 0.224 e. The maximum absolute atomic E-state index is 5.74. The standard InChI is InChI=1S/C14H13N7/c1-7-10-6-8(2-3-11(10)21-20-7)17-13-9-4-5-16-12(9)18-14(15)19-13/h2-6H,1H3,(H,20,21)(H4,15,16,17,18,19). The number of hydrogen-bond acceptors (Lipinski definition) is 5. The number of anilines is 3. The number of nitrogen functional groups attached to an aromatic ring is 1. The Balaban J connectivity index is 1.82. The topological polar surface area (TPSA) is 108 Å². The maximum Gasteiger partial charge on any atom is 0.224 e. The fourth-order valence-electron chi connectivity index (χ4n) is 2.41. The van der Waals surface area contributed by atoms with Gasteiger partial charge in [-0.15, -0.1) is 0 Å². The Labute approximate surface area is 119 Å². The predicted octanol–water partition coefficient (Wildman–Crippen LogP) is 2.47. The van der Waals surface area contributed by atoms with Crippen LogP contribution in [-0.4, -0.2) is 25.1 Å². The van der Waals surface area contributed by atoms with Crippen LogP contribution < -0.4 is 11.1 Å². The zero-order valence-corrected chi connectivity index (χ0v) is 11.3. The number of nitrogens with one attached hydrogen (secondary N) is 3. The molecular weight excluding hydrogens is 266 g/mol. The molecule has 4 aromatic rings. The predicted molar refractivity (Wildman–Crippen MR) is 82.4 cm³/mol. The van der Waals surface area contributed by atoms with Crippen LogP contribution in [0.4, 0.5) is 17.5 Å². The van der Waals surface area contributed by atoms with Crippen molar-refractivity contribution in [3.05, 3.63) is 36.2 Å². The molecule has 0 aliphatic carbocycles. The largest absolute Gasteiger partial charge is 0.368 e. The number of nitrogens with two attached hydrogens (primary N) is 1. The van der Waals surface area contributed by atoms with E-state index in [0.29, 0.717) is 11.5 Å². The first-order valence-corrected chi connectivity index (χ1v) is 6.53. The van der Waals surface area contributed by atoms with Crippen LogP contribution in [0.5, 0.6) is 0 Å². The fourth-order valence-corrected chi connectivity index (χ4v) is 2.41. The van der Waals surface area contributed by atoms with Crippen LogP contribution >= 0.6 is 0 Å². The summed E-state index contributed by atoms with van der Waals surface area (Å²) in [6.07, 6.45) is 1.81. The van der Waals surface area contributed by atoms with Crippen molar-refractivity contribution in [3.63, 3.8) is 0 Å². The van der Waals surface area contributed by atoms with Crippen LogP contribution in [0.1, 0.15) is 5.69 Å². The molecule has 7 heteroatoms. The first-order valence-electron chi connectivity index (χ1n) is 6.53. The summed E-state index contributed by atoms with van der Waals surface area (Å²) in [5.74, 6) is 0.910. The Hall–Kier alpha value is -3.09. The summed E-state index contributed by atoms with van der Waals surface area (Å²) in [5, 5.41) is 12.4. The lowest BCUT2D eigenvalue weighted by Gasteiger charge is -2.07. The summed E-state index contributed by atoms with van der Waals surface area (Å²) in [5.41, 5.74) is 9.34. The SMILES string of the molecule is Cc1n[nH]c2ccc(Nc3nc(N)nc4[nH]ccc34)cc12. The number of fused-ring (bicyclic) bond motifs is 2. The number of rotatable bonds is 2. The summed E-state index contributed by atoms with van der Waals surface area (Å²) >= 11 is 0. The Morgan fingerprint density at radius 3 is 2.95 bits per heavy atom. The maximum atomic E-state index is 5.74. The Morgan fingerprint density at radius 2 is 2.05 bits per heavy atom. The first-order chi connectivity index (χ1) is 10.2. The van der Waals surface area contributed by atoms with E-state index in [9.17, 15) is 0 Å². The van der Waals surface area contributed by atoms with Gasteiger partial charge in [0.25, 0.3) is 0 Å². The van der Waals surface area contributed by atoms with E-state index >= 15 is 0 Å². The molecule has 0 saturated heterocycles. The average molecular weight is 279 g/mol. The van der Waals surface area contributed by atoms with Gasteiger partial charge in [-0.2, -0.15) is 15.1 Å². The molecule has 3 aromatic heterocycles. The molecule has 0 fully saturated rings. The van der Waals surface area contributed by atoms with E-state index in [2.05, 4.69) is 30.5 Å². The molecule has 0 unspecified atom stereocenters. The zero-order chi connectivity index (χ0) is 14.4. The number of hydrogen-bond donors (Lipinski definition) is 4. The summed E-state index contributed by atoms with van der Waals surface area (Å²) in [6.45, 7) is 1.97. The van der Waals surface area contributed by atoms with Gasteiger partial charge < -0.3 is 16.0 Å². The van der Waals surface area contributed by atoms with Gasteiger partial charge in [0.2, 0.25) is 5.95 Å². The molecule has 0 amide bonds. The average Bonchev–Trinajstić information content (AvgIpc) is 3.06. The minimum absolute atomic E-state index is 0.230. The molecule has 0 atom stereocenters. The zero-order valence-electron chi connectivity index (χ0n) is 11.3. The van der Waals surface area contributed by atoms with Crippen LogP contribution in [0, 0.1) is 6.92 Å². The highest BCUT2D eigenvalue weighted by Gasteiger charge is 2.08. The molecule has 0 spiro atoms. The minimum Gasteiger partial charge on any atom is -0.368 e. The van der Waals surface area contributed by atoms with Crippen molar-refractivity contribution in [3.8, 4) is 0 Å². The van der Waals surface area contributed by atoms with E-state index in [1.807, 2.05) is 37.4 Å². The van der Waals surface area contributed by atoms with Crippen molar-refractivity contribution in [2.24, 2.45) is 0 Å². The summed E-state index contributed by atoms with van der Waals surface area (Å²) in [6, 6.07) is 7.90. The second kappa shape index (κ2) is 4.20. The minimum atomic E-state index is 0.230. The quantitative estimate of drug-likeness (QED) is 0.451. The van der Waals surface area contributed by atoms with Crippen molar-refractivity contribution in [2.75, 3.05) is 11.1 Å².